The minimum Gasteiger partial charge on any atom is -0.345 e. The number of rotatable bonds is 10. The first-order chi connectivity index (χ1) is 16.0. The molecule has 4 rings (SSSR count). The van der Waals surface area contributed by atoms with Crippen LogP contribution in [0.5, 0.6) is 0 Å². The van der Waals surface area contributed by atoms with E-state index in [2.05, 4.69) is 74.9 Å². The van der Waals surface area contributed by atoms with Gasteiger partial charge in [0.05, 0.1) is 13.1 Å². The molecule has 1 aromatic carbocycles. The predicted octanol–water partition coefficient (Wildman–Crippen LogP) is 5.61. The van der Waals surface area contributed by atoms with Gasteiger partial charge in [-0.1, -0.05) is 54.2 Å². The van der Waals surface area contributed by atoms with Gasteiger partial charge in [-0.15, -0.1) is 0 Å². The topological polar surface area (TPSA) is 45.6 Å². The van der Waals surface area contributed by atoms with Crippen LogP contribution in [-0.2, 0) is 22.7 Å². The Balaban J connectivity index is 1.50. The average Bonchev–Trinajstić information content (AvgIpc) is 3.59. The third kappa shape index (κ3) is 6.50. The van der Waals surface area contributed by atoms with Gasteiger partial charge in [-0.25, -0.2) is 0 Å². The summed E-state index contributed by atoms with van der Waals surface area (Å²) in [5.74, 6) is 0.420. The summed E-state index contributed by atoms with van der Waals surface area (Å²) in [6.45, 7) is 4.34. The smallest absolute Gasteiger partial charge is 0.242 e. The number of hydrogen-bond acceptors (Lipinski definition) is 2. The van der Waals surface area contributed by atoms with Crippen LogP contribution in [0.3, 0.4) is 0 Å². The highest BCUT2D eigenvalue weighted by Crippen LogP contribution is 2.31. The van der Waals surface area contributed by atoms with Crippen LogP contribution in [0.15, 0.2) is 47.1 Å². The molecule has 2 fully saturated rings. The zero-order valence-electron chi connectivity index (χ0n) is 19.7. The molecule has 0 N–H and O–H groups in total. The molecule has 2 aromatic rings. The molecule has 1 heterocycles. The molecule has 0 spiro atoms. The molecule has 0 saturated heterocycles. The van der Waals surface area contributed by atoms with Gasteiger partial charge in [-0.3, -0.25) is 9.59 Å². The molecule has 0 unspecified atom stereocenters. The summed E-state index contributed by atoms with van der Waals surface area (Å²) >= 11 is 3.51. The molecule has 0 aliphatic heterocycles. The summed E-state index contributed by atoms with van der Waals surface area (Å²) in [5.41, 5.74) is 2.38. The molecule has 2 amide bonds. The van der Waals surface area contributed by atoms with E-state index in [1.165, 1.54) is 24.8 Å². The quantitative estimate of drug-likeness (QED) is 0.414. The van der Waals surface area contributed by atoms with Crippen LogP contribution >= 0.6 is 15.9 Å². The van der Waals surface area contributed by atoms with Crippen molar-refractivity contribution in [2.24, 2.45) is 5.92 Å². The van der Waals surface area contributed by atoms with E-state index in [1.54, 1.807) is 0 Å². The van der Waals surface area contributed by atoms with Crippen molar-refractivity contribution in [3.05, 3.63) is 58.3 Å². The van der Waals surface area contributed by atoms with Gasteiger partial charge in [0, 0.05) is 41.4 Å². The second-order valence-electron chi connectivity index (χ2n) is 9.60. The van der Waals surface area contributed by atoms with Crippen molar-refractivity contribution in [1.29, 1.82) is 0 Å². The van der Waals surface area contributed by atoms with Crippen LogP contribution in [0.2, 0.25) is 0 Å². The Morgan fingerprint density at radius 2 is 1.76 bits per heavy atom. The molecule has 6 heteroatoms. The van der Waals surface area contributed by atoms with E-state index in [-0.39, 0.29) is 30.3 Å². The lowest BCUT2D eigenvalue weighted by atomic mass is 9.94. The molecule has 1 aromatic heterocycles. The monoisotopic (exact) mass is 513 g/mol. The maximum atomic E-state index is 13.6. The SMILES string of the molecule is CCCN(CC(=O)N(Cc1cccn1Cc1ccc(Br)cc1)C1CCCCC1)C(=O)C1CC1. The van der Waals surface area contributed by atoms with E-state index in [4.69, 9.17) is 0 Å². The van der Waals surface area contributed by atoms with Gasteiger partial charge in [-0.2, -0.15) is 0 Å². The fourth-order valence-corrected chi connectivity index (χ4v) is 5.17. The normalized spacial score (nSPS) is 16.5. The van der Waals surface area contributed by atoms with E-state index in [0.717, 1.165) is 48.8 Å². The maximum absolute atomic E-state index is 13.6. The number of hydrogen-bond donors (Lipinski definition) is 0. The Kier molecular flexibility index (Phi) is 8.29. The van der Waals surface area contributed by atoms with Crippen molar-refractivity contribution < 1.29 is 9.59 Å². The third-order valence-corrected chi connectivity index (χ3v) is 7.44. The van der Waals surface area contributed by atoms with Gasteiger partial charge >= 0.3 is 0 Å². The van der Waals surface area contributed by atoms with Crippen LogP contribution < -0.4 is 0 Å². The summed E-state index contributed by atoms with van der Waals surface area (Å²) in [6.07, 6.45) is 10.6. The molecule has 0 radical (unpaired) electrons. The lowest BCUT2D eigenvalue weighted by Crippen LogP contribution is -2.48. The Morgan fingerprint density at radius 1 is 1.03 bits per heavy atom. The highest BCUT2D eigenvalue weighted by atomic mass is 79.9. The fourth-order valence-electron chi connectivity index (χ4n) is 4.90. The number of carbonyl (C=O) groups is 2. The van der Waals surface area contributed by atoms with Crippen LogP contribution in [0.25, 0.3) is 0 Å². The molecule has 2 aliphatic carbocycles. The zero-order valence-corrected chi connectivity index (χ0v) is 21.3. The Morgan fingerprint density at radius 3 is 2.42 bits per heavy atom. The summed E-state index contributed by atoms with van der Waals surface area (Å²) in [7, 11) is 0. The van der Waals surface area contributed by atoms with Gasteiger partial charge < -0.3 is 14.4 Å². The van der Waals surface area contributed by atoms with E-state index in [0.29, 0.717) is 13.1 Å². The molecule has 5 nitrogen and oxygen atoms in total. The van der Waals surface area contributed by atoms with Crippen LogP contribution in [0, 0.1) is 5.92 Å². The van der Waals surface area contributed by atoms with Gasteiger partial charge in [0.1, 0.15) is 0 Å². The van der Waals surface area contributed by atoms with E-state index < -0.39 is 0 Å². The Hall–Kier alpha value is -2.08. The molecule has 0 bridgehead atoms. The van der Waals surface area contributed by atoms with E-state index >= 15 is 0 Å². The highest BCUT2D eigenvalue weighted by Gasteiger charge is 2.35. The lowest BCUT2D eigenvalue weighted by molar-refractivity contribution is -0.143. The highest BCUT2D eigenvalue weighted by molar-refractivity contribution is 9.10. The van der Waals surface area contributed by atoms with E-state index in [9.17, 15) is 9.59 Å². The maximum Gasteiger partial charge on any atom is 0.242 e. The van der Waals surface area contributed by atoms with E-state index in [1.807, 2.05) is 4.90 Å². The van der Waals surface area contributed by atoms with Crippen LogP contribution in [-0.4, -0.2) is 45.3 Å². The average molecular weight is 515 g/mol. The summed E-state index contributed by atoms with van der Waals surface area (Å²) in [5, 5.41) is 0. The zero-order chi connectivity index (χ0) is 23.2. The minimum absolute atomic E-state index is 0.0979. The van der Waals surface area contributed by atoms with Gasteiger partial charge in [0.2, 0.25) is 11.8 Å². The molecule has 178 valence electrons. The molecule has 33 heavy (non-hydrogen) atoms. The van der Waals surface area contributed by atoms with Crippen molar-refractivity contribution in [2.75, 3.05) is 13.1 Å². The van der Waals surface area contributed by atoms with Gasteiger partial charge in [0.25, 0.3) is 0 Å². The fraction of sp³-hybridized carbons (Fsp3) is 0.556. The first-order valence-electron chi connectivity index (χ1n) is 12.5. The number of nitrogens with zero attached hydrogens (tertiary/aromatic N) is 3. The van der Waals surface area contributed by atoms with Crippen molar-refractivity contribution >= 4 is 27.7 Å². The lowest BCUT2D eigenvalue weighted by Gasteiger charge is -2.36. The molecular formula is C27H36BrN3O2. The number of benzene rings is 1. The third-order valence-electron chi connectivity index (χ3n) is 6.92. The molecule has 0 atom stereocenters. The number of aromatic nitrogens is 1. The minimum atomic E-state index is 0.0979. The summed E-state index contributed by atoms with van der Waals surface area (Å²) in [4.78, 5) is 30.3. The molecular weight excluding hydrogens is 478 g/mol. The van der Waals surface area contributed by atoms with Crippen LogP contribution in [0.1, 0.15) is 69.5 Å². The summed E-state index contributed by atoms with van der Waals surface area (Å²) < 4.78 is 3.32. The molecule has 2 saturated carbocycles. The number of halogens is 1. The largest absolute Gasteiger partial charge is 0.345 e. The van der Waals surface area contributed by atoms with Gasteiger partial charge in [-0.05, 0) is 61.9 Å². The van der Waals surface area contributed by atoms with Gasteiger partial charge in [0.15, 0.2) is 0 Å². The Labute approximate surface area is 206 Å². The van der Waals surface area contributed by atoms with Crippen molar-refractivity contribution in [2.45, 2.75) is 77.4 Å². The van der Waals surface area contributed by atoms with Crippen molar-refractivity contribution in [1.82, 2.24) is 14.4 Å². The Bertz CT molecular complexity index is 929. The van der Waals surface area contributed by atoms with Crippen LogP contribution in [0.4, 0.5) is 0 Å². The second-order valence-corrected chi connectivity index (χ2v) is 10.5. The van der Waals surface area contributed by atoms with Crippen molar-refractivity contribution in [3.8, 4) is 0 Å². The number of amides is 2. The second kappa shape index (κ2) is 11.4. The number of carbonyl (C=O) groups excluding carboxylic acids is 2. The summed E-state index contributed by atoms with van der Waals surface area (Å²) in [6, 6.07) is 12.8. The first-order valence-corrected chi connectivity index (χ1v) is 13.3. The predicted molar refractivity (Wildman–Crippen MR) is 135 cm³/mol. The molecule has 2 aliphatic rings. The standard InChI is InChI=1S/C27H36BrN3O2/c1-2-16-30(27(33)22-12-13-22)20-26(32)31(24-7-4-3-5-8-24)19-25-9-6-17-29(25)18-21-10-14-23(28)15-11-21/h6,9-11,14-15,17,22,24H,2-5,7-8,12-13,16,18-20H2,1H3. The first kappa shape index (κ1) is 24.1. The van der Waals surface area contributed by atoms with Crippen molar-refractivity contribution in [3.63, 3.8) is 0 Å².